The van der Waals surface area contributed by atoms with Crippen LogP contribution in [0.15, 0.2) is 24.3 Å². The van der Waals surface area contributed by atoms with Crippen LogP contribution in [0, 0.1) is 11.3 Å². The first-order valence-corrected chi connectivity index (χ1v) is 10.0. The number of para-hydroxylation sites is 1. The van der Waals surface area contributed by atoms with Crippen molar-refractivity contribution < 1.29 is 13.2 Å². The first kappa shape index (κ1) is 17.8. The van der Waals surface area contributed by atoms with Gasteiger partial charge >= 0.3 is 0 Å². The highest BCUT2D eigenvalue weighted by molar-refractivity contribution is 7.90. The van der Waals surface area contributed by atoms with E-state index in [0.29, 0.717) is 17.4 Å². The Kier molecular flexibility index (Phi) is 6.03. The van der Waals surface area contributed by atoms with Crippen molar-refractivity contribution in [1.82, 2.24) is 5.32 Å². The fourth-order valence-electron chi connectivity index (χ4n) is 3.09. The molecule has 2 rings (SSSR count). The molecule has 0 bridgehead atoms. The lowest BCUT2D eigenvalue weighted by Gasteiger charge is -2.31. The van der Waals surface area contributed by atoms with Crippen molar-refractivity contribution >= 4 is 9.84 Å². The summed E-state index contributed by atoms with van der Waals surface area (Å²) in [6, 6.07) is 9.73. The number of sulfone groups is 1. The highest BCUT2D eigenvalue weighted by Crippen LogP contribution is 2.26. The van der Waals surface area contributed by atoms with E-state index < -0.39 is 9.84 Å². The molecule has 0 aliphatic heterocycles. The first-order valence-electron chi connectivity index (χ1n) is 7.97. The van der Waals surface area contributed by atoms with E-state index in [2.05, 4.69) is 11.4 Å². The second-order valence-corrected chi connectivity index (χ2v) is 8.54. The van der Waals surface area contributed by atoms with Crippen molar-refractivity contribution in [3.05, 3.63) is 29.8 Å². The van der Waals surface area contributed by atoms with Crippen LogP contribution in [0.25, 0.3) is 0 Å². The molecular weight excluding hydrogens is 312 g/mol. The third-order valence-electron chi connectivity index (χ3n) is 4.05. The molecule has 6 heteroatoms. The van der Waals surface area contributed by atoms with Crippen molar-refractivity contribution in [3.8, 4) is 11.8 Å². The molecule has 5 nitrogen and oxygen atoms in total. The third kappa shape index (κ3) is 5.85. The van der Waals surface area contributed by atoms with Crippen molar-refractivity contribution in [2.24, 2.45) is 0 Å². The van der Waals surface area contributed by atoms with Gasteiger partial charge in [-0.15, -0.1) is 0 Å². The fraction of sp³-hybridized carbons (Fsp3) is 0.588. The van der Waals surface area contributed by atoms with Gasteiger partial charge in [0.15, 0.2) is 0 Å². The summed E-state index contributed by atoms with van der Waals surface area (Å²) < 4.78 is 28.6. The second-order valence-electron chi connectivity index (χ2n) is 6.36. The highest BCUT2D eigenvalue weighted by Gasteiger charge is 2.24. The molecule has 0 amide bonds. The minimum Gasteiger partial charge on any atom is -0.489 e. The standard InChI is InChI=1S/C17H24N2O3S/c1-13(12-23(2,20)21)19-15-7-9-16(10-8-15)22-17-6-4-3-5-14(17)11-18/h3-6,13,15-16,19H,7-10,12H2,1-2H3. The maximum Gasteiger partial charge on any atom is 0.148 e. The topological polar surface area (TPSA) is 79.2 Å². The Balaban J connectivity index is 1.81. The SMILES string of the molecule is CC(CS(C)(=O)=O)NC1CCC(Oc2ccccc2C#N)CC1. The van der Waals surface area contributed by atoms with Crippen LogP contribution in [-0.4, -0.2) is 38.6 Å². The molecule has 1 aromatic carbocycles. The number of nitriles is 1. The smallest absolute Gasteiger partial charge is 0.148 e. The minimum atomic E-state index is -2.95. The van der Waals surface area contributed by atoms with Crippen LogP contribution in [0.1, 0.15) is 38.2 Å². The summed E-state index contributed by atoms with van der Waals surface area (Å²) in [5.74, 6) is 0.816. The highest BCUT2D eigenvalue weighted by atomic mass is 32.2. The van der Waals surface area contributed by atoms with Crippen LogP contribution in [0.2, 0.25) is 0 Å². The zero-order chi connectivity index (χ0) is 16.9. The molecule has 0 saturated heterocycles. The van der Waals surface area contributed by atoms with E-state index in [-0.39, 0.29) is 17.9 Å². The molecule has 23 heavy (non-hydrogen) atoms. The van der Waals surface area contributed by atoms with Gasteiger partial charge in [0.1, 0.15) is 21.7 Å². The van der Waals surface area contributed by atoms with Crippen LogP contribution in [-0.2, 0) is 9.84 Å². The average molecular weight is 336 g/mol. The Morgan fingerprint density at radius 3 is 2.57 bits per heavy atom. The minimum absolute atomic E-state index is 0.0354. The summed E-state index contributed by atoms with van der Waals surface area (Å²) in [5, 5.41) is 12.5. The van der Waals surface area contributed by atoms with Gasteiger partial charge < -0.3 is 10.1 Å². The summed E-state index contributed by atoms with van der Waals surface area (Å²) in [6.45, 7) is 1.91. The molecule has 1 fully saturated rings. The zero-order valence-corrected chi connectivity index (χ0v) is 14.5. The molecule has 0 aromatic heterocycles. The summed E-state index contributed by atoms with van der Waals surface area (Å²) in [5.41, 5.74) is 0.564. The molecule has 0 spiro atoms. The molecule has 1 aliphatic rings. The van der Waals surface area contributed by atoms with Gasteiger partial charge in [0.25, 0.3) is 0 Å². The van der Waals surface area contributed by atoms with Gasteiger partial charge in [-0.1, -0.05) is 12.1 Å². The van der Waals surface area contributed by atoms with Gasteiger partial charge in [0.05, 0.1) is 17.4 Å². The summed E-state index contributed by atoms with van der Waals surface area (Å²) >= 11 is 0. The van der Waals surface area contributed by atoms with Crippen molar-refractivity contribution in [3.63, 3.8) is 0 Å². The van der Waals surface area contributed by atoms with E-state index in [0.717, 1.165) is 25.7 Å². The van der Waals surface area contributed by atoms with Gasteiger partial charge in [0.2, 0.25) is 0 Å². The van der Waals surface area contributed by atoms with Crippen LogP contribution in [0.3, 0.4) is 0 Å². The summed E-state index contributed by atoms with van der Waals surface area (Å²) in [4.78, 5) is 0. The first-order chi connectivity index (χ1) is 10.9. The Morgan fingerprint density at radius 1 is 1.30 bits per heavy atom. The number of ether oxygens (including phenoxy) is 1. The normalized spacial score (nSPS) is 23.0. The van der Waals surface area contributed by atoms with Crippen LogP contribution in [0.4, 0.5) is 0 Å². The Bertz CT molecular complexity index is 659. The number of rotatable bonds is 6. The predicted molar refractivity (Wildman–Crippen MR) is 90.1 cm³/mol. The molecule has 1 aromatic rings. The van der Waals surface area contributed by atoms with Crippen molar-refractivity contribution in [2.75, 3.05) is 12.0 Å². The van der Waals surface area contributed by atoms with Crippen LogP contribution in [0.5, 0.6) is 5.75 Å². The largest absolute Gasteiger partial charge is 0.489 e. The number of nitrogens with one attached hydrogen (secondary N) is 1. The van der Waals surface area contributed by atoms with E-state index in [4.69, 9.17) is 10.00 Å². The van der Waals surface area contributed by atoms with Gasteiger partial charge in [-0.2, -0.15) is 5.26 Å². The van der Waals surface area contributed by atoms with Gasteiger partial charge in [-0.3, -0.25) is 0 Å². The lowest BCUT2D eigenvalue weighted by atomic mass is 9.92. The number of hydrogen-bond donors (Lipinski definition) is 1. The molecule has 1 aliphatic carbocycles. The third-order valence-corrected chi connectivity index (χ3v) is 5.15. The number of hydrogen-bond acceptors (Lipinski definition) is 5. The van der Waals surface area contributed by atoms with E-state index in [1.54, 1.807) is 6.07 Å². The molecule has 0 heterocycles. The monoisotopic (exact) mass is 336 g/mol. The van der Waals surface area contributed by atoms with Crippen LogP contribution >= 0.6 is 0 Å². The number of benzene rings is 1. The maximum absolute atomic E-state index is 11.3. The van der Waals surface area contributed by atoms with E-state index in [1.165, 1.54) is 6.26 Å². The second kappa shape index (κ2) is 7.80. The summed E-state index contributed by atoms with van der Waals surface area (Å²) in [7, 11) is -2.95. The Hall–Kier alpha value is -1.58. The quantitative estimate of drug-likeness (QED) is 0.862. The molecule has 126 valence electrons. The lowest BCUT2D eigenvalue weighted by Crippen LogP contribution is -2.43. The molecule has 1 atom stereocenters. The summed E-state index contributed by atoms with van der Waals surface area (Å²) in [6.07, 6.45) is 5.10. The van der Waals surface area contributed by atoms with E-state index in [1.807, 2.05) is 25.1 Å². The predicted octanol–water partition coefficient (Wildman–Crippen LogP) is 2.27. The molecule has 1 unspecified atom stereocenters. The van der Waals surface area contributed by atoms with Crippen LogP contribution < -0.4 is 10.1 Å². The lowest BCUT2D eigenvalue weighted by molar-refractivity contribution is 0.137. The zero-order valence-electron chi connectivity index (χ0n) is 13.7. The maximum atomic E-state index is 11.3. The molecule has 0 radical (unpaired) electrons. The fourth-order valence-corrected chi connectivity index (χ4v) is 4.10. The molecule has 1 N–H and O–H groups in total. The number of nitrogens with zero attached hydrogens (tertiary/aromatic N) is 1. The average Bonchev–Trinajstić information content (AvgIpc) is 2.48. The van der Waals surface area contributed by atoms with Gasteiger partial charge in [0, 0.05) is 18.3 Å². The molecular formula is C17H24N2O3S. The van der Waals surface area contributed by atoms with E-state index >= 15 is 0 Å². The van der Waals surface area contributed by atoms with E-state index in [9.17, 15) is 8.42 Å². The Labute approximate surface area is 138 Å². The van der Waals surface area contributed by atoms with Gasteiger partial charge in [-0.05, 0) is 44.7 Å². The van der Waals surface area contributed by atoms with Crippen molar-refractivity contribution in [2.45, 2.75) is 50.8 Å². The molecule has 1 saturated carbocycles. The Morgan fingerprint density at radius 2 is 1.96 bits per heavy atom. The van der Waals surface area contributed by atoms with Crippen molar-refractivity contribution in [1.29, 1.82) is 5.26 Å². The van der Waals surface area contributed by atoms with Gasteiger partial charge in [-0.25, -0.2) is 8.42 Å².